The van der Waals surface area contributed by atoms with Crippen molar-refractivity contribution in [3.05, 3.63) is 48.0 Å². The highest BCUT2D eigenvalue weighted by Gasteiger charge is 2.09. The first-order valence-electron chi connectivity index (χ1n) is 6.84. The Kier molecular flexibility index (Phi) is 7.15. The van der Waals surface area contributed by atoms with E-state index in [0.29, 0.717) is 19.4 Å². The molecule has 1 atom stereocenters. The third-order valence-electron chi connectivity index (χ3n) is 3.26. The summed E-state index contributed by atoms with van der Waals surface area (Å²) < 4.78 is 0. The highest BCUT2D eigenvalue weighted by molar-refractivity contribution is 5.85. The van der Waals surface area contributed by atoms with Crippen molar-refractivity contribution in [2.24, 2.45) is 5.73 Å². The van der Waals surface area contributed by atoms with Gasteiger partial charge in [0.2, 0.25) is 5.91 Å². The molecule has 0 spiro atoms. The number of carbonyl (C=O) groups excluding carboxylic acids is 1. The number of fused-ring (bicyclic) bond motifs is 1. The first kappa shape index (κ1) is 17.4. The Morgan fingerprint density at radius 1 is 1.19 bits per heavy atom. The van der Waals surface area contributed by atoms with Crippen LogP contribution in [0.2, 0.25) is 0 Å². The molecule has 114 valence electrons. The number of hydrogen-bond donors (Lipinski definition) is 3. The van der Waals surface area contributed by atoms with Crippen LogP contribution in [0.3, 0.4) is 0 Å². The molecule has 2 aromatic rings. The molecule has 1 amide bonds. The molecule has 4 nitrogen and oxygen atoms in total. The van der Waals surface area contributed by atoms with Gasteiger partial charge in [-0.3, -0.25) is 4.79 Å². The fourth-order valence-electron chi connectivity index (χ4n) is 2.09. The number of benzene rings is 2. The number of aliphatic hydroxyl groups excluding tert-OH is 1. The average molecular weight is 309 g/mol. The van der Waals surface area contributed by atoms with E-state index < -0.39 is 6.10 Å². The first-order chi connectivity index (χ1) is 9.70. The van der Waals surface area contributed by atoms with Gasteiger partial charge >= 0.3 is 0 Å². The lowest BCUT2D eigenvalue weighted by Gasteiger charge is -2.13. The molecular formula is C16H21ClN2O2. The summed E-state index contributed by atoms with van der Waals surface area (Å²) >= 11 is 0. The topological polar surface area (TPSA) is 75.4 Å². The molecule has 0 aliphatic rings. The lowest BCUT2D eigenvalue weighted by molar-refractivity contribution is -0.121. The van der Waals surface area contributed by atoms with Gasteiger partial charge in [-0.15, -0.1) is 12.4 Å². The van der Waals surface area contributed by atoms with Crippen LogP contribution in [0.1, 0.15) is 24.5 Å². The lowest BCUT2D eigenvalue weighted by atomic mass is 10.0. The highest BCUT2D eigenvalue weighted by atomic mass is 35.5. The van der Waals surface area contributed by atoms with Crippen LogP contribution >= 0.6 is 12.4 Å². The molecule has 2 rings (SSSR count). The van der Waals surface area contributed by atoms with Crippen LogP contribution in [-0.2, 0) is 4.79 Å². The summed E-state index contributed by atoms with van der Waals surface area (Å²) in [5, 5.41) is 15.1. The number of amides is 1. The molecule has 0 saturated heterocycles. The molecule has 5 heteroatoms. The number of nitrogens with two attached hydrogens (primary N) is 1. The summed E-state index contributed by atoms with van der Waals surface area (Å²) in [5.74, 6) is -0.0738. The van der Waals surface area contributed by atoms with Gasteiger partial charge in [0, 0.05) is 13.0 Å². The Bertz CT molecular complexity index is 589. The largest absolute Gasteiger partial charge is 0.387 e. The second-order valence-corrected chi connectivity index (χ2v) is 4.82. The maximum atomic E-state index is 11.5. The Hall–Kier alpha value is -1.62. The third kappa shape index (κ3) is 5.01. The standard InChI is InChI=1S/C16H20N2O2.ClH/c17-9-3-6-16(20)18-11-15(19)14-8-7-12-4-1-2-5-13(12)10-14;/h1-2,4-5,7-8,10,15,19H,3,6,9,11,17H2,(H,18,20);1H. The summed E-state index contributed by atoms with van der Waals surface area (Å²) in [6, 6.07) is 13.8. The number of carbonyl (C=O) groups is 1. The molecule has 0 heterocycles. The average Bonchev–Trinajstić information content (AvgIpc) is 2.50. The summed E-state index contributed by atoms with van der Waals surface area (Å²) in [7, 11) is 0. The Morgan fingerprint density at radius 2 is 1.90 bits per heavy atom. The maximum absolute atomic E-state index is 11.5. The van der Waals surface area contributed by atoms with Crippen LogP contribution in [-0.4, -0.2) is 24.1 Å². The monoisotopic (exact) mass is 308 g/mol. The zero-order valence-electron chi connectivity index (χ0n) is 11.8. The molecule has 0 aromatic heterocycles. The molecule has 2 aromatic carbocycles. The van der Waals surface area contributed by atoms with Crippen molar-refractivity contribution in [1.29, 1.82) is 0 Å². The zero-order chi connectivity index (χ0) is 14.4. The Balaban J connectivity index is 0.00000220. The van der Waals surface area contributed by atoms with Gasteiger partial charge in [-0.1, -0.05) is 36.4 Å². The van der Waals surface area contributed by atoms with Crippen LogP contribution in [0.4, 0.5) is 0 Å². The zero-order valence-corrected chi connectivity index (χ0v) is 12.6. The fraction of sp³-hybridized carbons (Fsp3) is 0.312. The molecule has 0 bridgehead atoms. The van der Waals surface area contributed by atoms with Gasteiger partial charge in [0.05, 0.1) is 6.10 Å². The fourth-order valence-corrected chi connectivity index (χ4v) is 2.09. The van der Waals surface area contributed by atoms with E-state index in [9.17, 15) is 9.90 Å². The number of nitrogens with one attached hydrogen (secondary N) is 1. The van der Waals surface area contributed by atoms with Crippen LogP contribution in [0.15, 0.2) is 42.5 Å². The molecule has 0 radical (unpaired) electrons. The molecule has 0 aliphatic carbocycles. The maximum Gasteiger partial charge on any atom is 0.220 e. The van der Waals surface area contributed by atoms with Crippen molar-refractivity contribution in [2.75, 3.05) is 13.1 Å². The number of halogens is 1. The molecule has 0 fully saturated rings. The minimum Gasteiger partial charge on any atom is -0.387 e. The van der Waals surface area contributed by atoms with Crippen molar-refractivity contribution in [3.8, 4) is 0 Å². The van der Waals surface area contributed by atoms with Crippen LogP contribution < -0.4 is 11.1 Å². The highest BCUT2D eigenvalue weighted by Crippen LogP contribution is 2.20. The molecule has 0 saturated carbocycles. The van der Waals surface area contributed by atoms with Gasteiger partial charge in [0.1, 0.15) is 0 Å². The molecule has 1 unspecified atom stereocenters. The molecular weight excluding hydrogens is 288 g/mol. The van der Waals surface area contributed by atoms with E-state index in [1.807, 2.05) is 42.5 Å². The third-order valence-corrected chi connectivity index (χ3v) is 3.26. The quantitative estimate of drug-likeness (QED) is 0.765. The Labute approximate surface area is 130 Å². The second-order valence-electron chi connectivity index (χ2n) is 4.82. The number of rotatable bonds is 6. The minimum absolute atomic E-state index is 0. The summed E-state index contributed by atoms with van der Waals surface area (Å²) in [5.41, 5.74) is 6.16. The van der Waals surface area contributed by atoms with E-state index in [0.717, 1.165) is 16.3 Å². The summed E-state index contributed by atoms with van der Waals surface area (Å²) in [4.78, 5) is 11.5. The van der Waals surface area contributed by atoms with Gasteiger partial charge in [-0.05, 0) is 35.4 Å². The molecule has 4 N–H and O–H groups in total. The summed E-state index contributed by atoms with van der Waals surface area (Å²) in [6.45, 7) is 0.725. The number of hydrogen-bond acceptors (Lipinski definition) is 3. The van der Waals surface area contributed by atoms with E-state index in [1.54, 1.807) is 0 Å². The van der Waals surface area contributed by atoms with Gasteiger partial charge < -0.3 is 16.2 Å². The van der Waals surface area contributed by atoms with E-state index >= 15 is 0 Å². The smallest absolute Gasteiger partial charge is 0.220 e. The van der Waals surface area contributed by atoms with Crippen molar-refractivity contribution >= 4 is 29.1 Å². The second kappa shape index (κ2) is 8.62. The van der Waals surface area contributed by atoms with Crippen molar-refractivity contribution < 1.29 is 9.90 Å². The van der Waals surface area contributed by atoms with E-state index in [4.69, 9.17) is 5.73 Å². The normalized spacial score (nSPS) is 11.7. The minimum atomic E-state index is -0.693. The first-order valence-corrected chi connectivity index (χ1v) is 6.84. The van der Waals surface area contributed by atoms with Crippen LogP contribution in [0.25, 0.3) is 10.8 Å². The van der Waals surface area contributed by atoms with Crippen molar-refractivity contribution in [3.63, 3.8) is 0 Å². The van der Waals surface area contributed by atoms with Gasteiger partial charge in [0.25, 0.3) is 0 Å². The van der Waals surface area contributed by atoms with Crippen molar-refractivity contribution in [2.45, 2.75) is 18.9 Å². The Morgan fingerprint density at radius 3 is 2.62 bits per heavy atom. The van der Waals surface area contributed by atoms with E-state index in [1.165, 1.54) is 0 Å². The van der Waals surface area contributed by atoms with Gasteiger partial charge in [-0.25, -0.2) is 0 Å². The molecule has 0 aliphatic heterocycles. The van der Waals surface area contributed by atoms with Crippen LogP contribution in [0, 0.1) is 0 Å². The van der Waals surface area contributed by atoms with Crippen molar-refractivity contribution in [1.82, 2.24) is 5.32 Å². The number of aliphatic hydroxyl groups is 1. The van der Waals surface area contributed by atoms with Gasteiger partial charge in [0.15, 0.2) is 0 Å². The van der Waals surface area contributed by atoms with E-state index in [-0.39, 0.29) is 24.9 Å². The van der Waals surface area contributed by atoms with E-state index in [2.05, 4.69) is 5.32 Å². The van der Waals surface area contributed by atoms with Crippen LogP contribution in [0.5, 0.6) is 0 Å². The predicted molar refractivity (Wildman–Crippen MR) is 87.5 cm³/mol. The predicted octanol–water partition coefficient (Wildman–Crippen LogP) is 2.15. The lowest BCUT2D eigenvalue weighted by Crippen LogP contribution is -2.28. The molecule has 21 heavy (non-hydrogen) atoms. The summed E-state index contributed by atoms with van der Waals surface area (Å²) in [6.07, 6.45) is 0.375. The van der Waals surface area contributed by atoms with Gasteiger partial charge in [-0.2, -0.15) is 0 Å². The SMILES string of the molecule is Cl.NCCCC(=O)NCC(O)c1ccc2ccccc2c1.